The molecule has 27 heavy (non-hydrogen) atoms. The van der Waals surface area contributed by atoms with Crippen LogP contribution in [0.1, 0.15) is 25.6 Å². The number of nitrogens with zero attached hydrogens (tertiary/aromatic N) is 2. The van der Waals surface area contributed by atoms with Crippen molar-refractivity contribution in [2.24, 2.45) is 16.9 Å². The van der Waals surface area contributed by atoms with E-state index in [4.69, 9.17) is 16.3 Å². The summed E-state index contributed by atoms with van der Waals surface area (Å²) in [5, 5.41) is 25.6. The second-order valence-corrected chi connectivity index (χ2v) is 7.33. The van der Waals surface area contributed by atoms with Gasteiger partial charge in [0.25, 0.3) is 0 Å². The van der Waals surface area contributed by atoms with Gasteiger partial charge in [-0.15, -0.1) is 0 Å². The van der Waals surface area contributed by atoms with Crippen molar-refractivity contribution in [3.05, 3.63) is 52.8 Å². The average Bonchev–Trinajstić information content (AvgIpc) is 2.70. The van der Waals surface area contributed by atoms with Crippen LogP contribution in [0, 0.1) is 11.8 Å². The molecule has 3 rings (SSSR count). The standard InChI is InChI=1S/C20H26ClN3O3/c1-13-17(21)6-7-18(25)19(13)14(2)22-23-20(26)15-4-3-5-16(12-15)24-8-10-27-11-9-24/h3-7,12-13,19-20,23,25-26H,8-11H2,1-2H3/b22-14+. The number of aliphatic hydroxyl groups is 2. The Morgan fingerprint density at radius 3 is 2.81 bits per heavy atom. The van der Waals surface area contributed by atoms with Crippen molar-refractivity contribution in [1.29, 1.82) is 0 Å². The summed E-state index contributed by atoms with van der Waals surface area (Å²) in [6.45, 7) is 6.84. The van der Waals surface area contributed by atoms with Crippen LogP contribution in [-0.4, -0.2) is 42.2 Å². The lowest BCUT2D eigenvalue weighted by atomic mass is 9.85. The predicted octanol–water partition coefficient (Wildman–Crippen LogP) is 3.31. The molecule has 1 aromatic rings. The summed E-state index contributed by atoms with van der Waals surface area (Å²) in [6.07, 6.45) is 2.34. The van der Waals surface area contributed by atoms with Crippen molar-refractivity contribution in [3.8, 4) is 0 Å². The van der Waals surface area contributed by atoms with E-state index in [1.807, 2.05) is 38.1 Å². The maximum absolute atomic E-state index is 10.5. The number of aliphatic hydroxyl groups excluding tert-OH is 2. The van der Waals surface area contributed by atoms with Crippen molar-refractivity contribution in [3.63, 3.8) is 0 Å². The molecular weight excluding hydrogens is 366 g/mol. The summed E-state index contributed by atoms with van der Waals surface area (Å²) in [4.78, 5) is 2.23. The molecule has 3 N–H and O–H groups in total. The second kappa shape index (κ2) is 8.78. The third-order valence-electron chi connectivity index (χ3n) is 5.04. The Morgan fingerprint density at radius 1 is 1.33 bits per heavy atom. The average molecular weight is 392 g/mol. The van der Waals surface area contributed by atoms with Crippen LogP contribution in [0.25, 0.3) is 0 Å². The molecule has 0 amide bonds. The Balaban J connectivity index is 1.68. The number of nitrogens with one attached hydrogen (secondary N) is 1. The lowest BCUT2D eigenvalue weighted by molar-refractivity contribution is 0.122. The van der Waals surface area contributed by atoms with Crippen molar-refractivity contribution in [1.82, 2.24) is 5.43 Å². The topological polar surface area (TPSA) is 77.3 Å². The molecule has 1 aliphatic heterocycles. The van der Waals surface area contributed by atoms with E-state index >= 15 is 0 Å². The number of hydrogen-bond acceptors (Lipinski definition) is 6. The Hall–Kier alpha value is -2.02. The van der Waals surface area contributed by atoms with Gasteiger partial charge in [-0.25, -0.2) is 0 Å². The number of anilines is 1. The quantitative estimate of drug-likeness (QED) is 0.408. The van der Waals surface area contributed by atoms with Gasteiger partial charge in [-0.3, -0.25) is 5.43 Å². The molecular formula is C20H26ClN3O3. The molecule has 0 radical (unpaired) electrons. The first-order valence-corrected chi connectivity index (χ1v) is 9.52. The van der Waals surface area contributed by atoms with Crippen LogP contribution in [0.4, 0.5) is 5.69 Å². The molecule has 1 aromatic carbocycles. The van der Waals surface area contributed by atoms with Gasteiger partial charge < -0.3 is 19.8 Å². The number of halogens is 1. The highest BCUT2D eigenvalue weighted by Gasteiger charge is 2.29. The molecule has 1 aliphatic carbocycles. The molecule has 0 bridgehead atoms. The van der Waals surface area contributed by atoms with E-state index < -0.39 is 6.23 Å². The first-order chi connectivity index (χ1) is 13.0. The summed E-state index contributed by atoms with van der Waals surface area (Å²) in [6, 6.07) is 7.75. The van der Waals surface area contributed by atoms with Crippen molar-refractivity contribution in [2.45, 2.75) is 20.1 Å². The molecule has 0 saturated carbocycles. The van der Waals surface area contributed by atoms with Gasteiger partial charge in [0.05, 0.1) is 19.1 Å². The van der Waals surface area contributed by atoms with Crippen LogP contribution in [-0.2, 0) is 4.74 Å². The second-order valence-electron chi connectivity index (χ2n) is 6.89. The van der Waals surface area contributed by atoms with Gasteiger partial charge in [-0.05, 0) is 31.2 Å². The maximum atomic E-state index is 10.5. The highest BCUT2D eigenvalue weighted by molar-refractivity contribution is 6.30. The summed E-state index contributed by atoms with van der Waals surface area (Å²) < 4.78 is 5.39. The van der Waals surface area contributed by atoms with Gasteiger partial charge in [0.1, 0.15) is 5.76 Å². The van der Waals surface area contributed by atoms with E-state index in [0.29, 0.717) is 24.0 Å². The van der Waals surface area contributed by atoms with Gasteiger partial charge in [0.15, 0.2) is 6.23 Å². The molecule has 6 nitrogen and oxygen atoms in total. The highest BCUT2D eigenvalue weighted by atomic mass is 35.5. The normalized spacial score (nSPS) is 24.9. The number of hydrazone groups is 1. The Bertz CT molecular complexity index is 757. The fraction of sp³-hybridized carbons (Fsp3) is 0.450. The van der Waals surface area contributed by atoms with Gasteiger partial charge >= 0.3 is 0 Å². The Kier molecular flexibility index (Phi) is 6.42. The molecule has 0 spiro atoms. The molecule has 1 saturated heterocycles. The van der Waals surface area contributed by atoms with Crippen molar-refractivity contribution < 1.29 is 14.9 Å². The Labute approximate surface area is 164 Å². The summed E-state index contributed by atoms with van der Waals surface area (Å²) in [7, 11) is 0. The van der Waals surface area contributed by atoms with Gasteiger partial charge in [-0.2, -0.15) is 5.10 Å². The summed E-state index contributed by atoms with van der Waals surface area (Å²) >= 11 is 6.19. The summed E-state index contributed by atoms with van der Waals surface area (Å²) in [5.74, 6) is -0.148. The van der Waals surface area contributed by atoms with Crippen LogP contribution in [0.3, 0.4) is 0 Å². The predicted molar refractivity (Wildman–Crippen MR) is 108 cm³/mol. The van der Waals surface area contributed by atoms with Crippen molar-refractivity contribution in [2.75, 3.05) is 31.2 Å². The van der Waals surface area contributed by atoms with Gasteiger partial charge in [0.2, 0.25) is 0 Å². The number of hydrogen-bond donors (Lipinski definition) is 3. The number of ether oxygens (including phenoxy) is 1. The molecule has 1 fully saturated rings. The van der Waals surface area contributed by atoms with Gasteiger partial charge in [0, 0.05) is 41.0 Å². The van der Waals surface area contributed by atoms with Crippen LogP contribution in [0.15, 0.2) is 52.3 Å². The van der Waals surface area contributed by atoms with E-state index in [1.165, 1.54) is 0 Å². The van der Waals surface area contributed by atoms with E-state index in [9.17, 15) is 10.2 Å². The van der Waals surface area contributed by atoms with Crippen LogP contribution < -0.4 is 10.3 Å². The first-order valence-electron chi connectivity index (χ1n) is 9.14. The monoisotopic (exact) mass is 391 g/mol. The van der Waals surface area contributed by atoms with Crippen LogP contribution in [0.2, 0.25) is 0 Å². The maximum Gasteiger partial charge on any atom is 0.165 e. The molecule has 7 heteroatoms. The van der Waals surface area contributed by atoms with Crippen molar-refractivity contribution >= 4 is 23.0 Å². The van der Waals surface area contributed by atoms with E-state index in [2.05, 4.69) is 15.4 Å². The van der Waals surface area contributed by atoms with Gasteiger partial charge in [-0.1, -0.05) is 30.7 Å². The first kappa shape index (κ1) is 19.7. The number of morpholine rings is 1. The Morgan fingerprint density at radius 2 is 2.07 bits per heavy atom. The minimum atomic E-state index is -0.947. The zero-order chi connectivity index (χ0) is 19.4. The largest absolute Gasteiger partial charge is 0.512 e. The minimum absolute atomic E-state index is 0.0657. The molecule has 0 aromatic heterocycles. The van der Waals surface area contributed by atoms with E-state index in [1.54, 1.807) is 12.2 Å². The smallest absolute Gasteiger partial charge is 0.165 e. The molecule has 2 aliphatic rings. The number of allylic oxidation sites excluding steroid dienone is 4. The fourth-order valence-corrected chi connectivity index (χ4v) is 3.62. The third kappa shape index (κ3) is 4.64. The zero-order valence-corrected chi connectivity index (χ0v) is 16.4. The van der Waals surface area contributed by atoms with E-state index in [-0.39, 0.29) is 17.6 Å². The number of rotatable bonds is 5. The van der Waals surface area contributed by atoms with Crippen LogP contribution >= 0.6 is 11.6 Å². The fourth-order valence-electron chi connectivity index (χ4n) is 3.43. The highest BCUT2D eigenvalue weighted by Crippen LogP contribution is 2.33. The molecule has 1 heterocycles. The minimum Gasteiger partial charge on any atom is -0.512 e. The molecule has 3 atom stereocenters. The lowest BCUT2D eigenvalue weighted by Crippen LogP contribution is -2.36. The molecule has 146 valence electrons. The van der Waals surface area contributed by atoms with E-state index in [0.717, 1.165) is 24.3 Å². The number of benzene rings is 1. The third-order valence-corrected chi connectivity index (χ3v) is 5.51. The lowest BCUT2D eigenvalue weighted by Gasteiger charge is -2.29. The summed E-state index contributed by atoms with van der Waals surface area (Å²) in [5.41, 5.74) is 5.22. The van der Waals surface area contributed by atoms with Crippen LogP contribution in [0.5, 0.6) is 0 Å². The zero-order valence-electron chi connectivity index (χ0n) is 15.6. The molecule has 3 unspecified atom stereocenters. The SMILES string of the molecule is C/C(=N\NC(O)c1cccc(N2CCOCC2)c1)C1C(O)=CC=C(Cl)C1C.